The number of anilines is 1. The van der Waals surface area contributed by atoms with Gasteiger partial charge < -0.3 is 10.6 Å². The molecule has 0 amide bonds. The predicted octanol–water partition coefficient (Wildman–Crippen LogP) is 3.03. The van der Waals surface area contributed by atoms with E-state index in [0.717, 1.165) is 29.9 Å². The van der Waals surface area contributed by atoms with Crippen LogP contribution in [-0.2, 0) is 6.54 Å². The van der Waals surface area contributed by atoms with E-state index in [2.05, 4.69) is 30.9 Å². The molecule has 0 bridgehead atoms. The molecule has 2 rings (SSSR count). The van der Waals surface area contributed by atoms with Crippen molar-refractivity contribution in [1.82, 2.24) is 0 Å². The third-order valence-electron chi connectivity index (χ3n) is 4.58. The fourth-order valence-corrected chi connectivity index (χ4v) is 2.72. The molecule has 1 fully saturated rings. The van der Waals surface area contributed by atoms with Crippen molar-refractivity contribution in [2.45, 2.75) is 39.7 Å². The zero-order valence-corrected chi connectivity index (χ0v) is 11.9. The Bertz CT molecular complexity index is 479. The monoisotopic (exact) mass is 257 g/mol. The van der Waals surface area contributed by atoms with Crippen LogP contribution < -0.4 is 10.6 Å². The summed E-state index contributed by atoms with van der Waals surface area (Å²) in [6.07, 6.45) is 3.64. The predicted molar refractivity (Wildman–Crippen MR) is 78.9 cm³/mol. The van der Waals surface area contributed by atoms with Gasteiger partial charge in [-0.15, -0.1) is 0 Å². The second-order valence-electron chi connectivity index (χ2n) is 5.82. The maximum absolute atomic E-state index is 9.30. The molecule has 0 radical (unpaired) electrons. The maximum Gasteiger partial charge on any atom is 0.101 e. The summed E-state index contributed by atoms with van der Waals surface area (Å²) in [6.45, 7) is 7.21. The molecule has 1 aromatic rings. The number of hydrogen-bond acceptors (Lipinski definition) is 3. The summed E-state index contributed by atoms with van der Waals surface area (Å²) in [5, 5.41) is 9.30. The second-order valence-corrected chi connectivity index (χ2v) is 5.82. The van der Waals surface area contributed by atoms with Crippen LogP contribution in [0.1, 0.15) is 44.2 Å². The number of piperidine rings is 1. The van der Waals surface area contributed by atoms with Crippen LogP contribution in [0.15, 0.2) is 18.2 Å². The largest absolute Gasteiger partial charge is 0.370 e. The van der Waals surface area contributed by atoms with Gasteiger partial charge in [-0.1, -0.05) is 26.3 Å². The van der Waals surface area contributed by atoms with Crippen molar-refractivity contribution < 1.29 is 0 Å². The lowest BCUT2D eigenvalue weighted by Crippen LogP contribution is -2.38. The molecule has 0 saturated carbocycles. The van der Waals surface area contributed by atoms with Crippen LogP contribution in [0.5, 0.6) is 0 Å². The molecule has 0 spiro atoms. The van der Waals surface area contributed by atoms with Gasteiger partial charge in [-0.3, -0.25) is 0 Å². The molecule has 3 nitrogen and oxygen atoms in total. The Morgan fingerprint density at radius 1 is 1.37 bits per heavy atom. The quantitative estimate of drug-likeness (QED) is 0.905. The van der Waals surface area contributed by atoms with E-state index in [-0.39, 0.29) is 0 Å². The van der Waals surface area contributed by atoms with E-state index >= 15 is 0 Å². The highest BCUT2D eigenvalue weighted by molar-refractivity contribution is 5.60. The molecule has 1 heterocycles. The van der Waals surface area contributed by atoms with Crippen LogP contribution in [0.2, 0.25) is 0 Å². The average Bonchev–Trinajstić information content (AvgIpc) is 2.47. The van der Waals surface area contributed by atoms with E-state index in [1.165, 1.54) is 19.3 Å². The minimum absolute atomic E-state index is 0.473. The van der Waals surface area contributed by atoms with E-state index in [4.69, 9.17) is 5.73 Å². The topological polar surface area (TPSA) is 53.0 Å². The van der Waals surface area contributed by atoms with Crippen LogP contribution in [0, 0.1) is 16.7 Å². The molecule has 19 heavy (non-hydrogen) atoms. The Morgan fingerprint density at radius 3 is 2.58 bits per heavy atom. The molecule has 0 unspecified atom stereocenters. The SMILES string of the molecule is CCC1(C)CCN(c2ccc(CN)cc2C#N)CC1. The lowest BCUT2D eigenvalue weighted by molar-refractivity contribution is 0.238. The van der Waals surface area contributed by atoms with Crippen molar-refractivity contribution in [3.8, 4) is 6.07 Å². The van der Waals surface area contributed by atoms with Gasteiger partial charge in [0, 0.05) is 19.6 Å². The highest BCUT2D eigenvalue weighted by Gasteiger charge is 2.29. The zero-order valence-electron chi connectivity index (χ0n) is 11.9. The van der Waals surface area contributed by atoms with Crippen LogP contribution in [0.4, 0.5) is 5.69 Å². The van der Waals surface area contributed by atoms with Gasteiger partial charge in [-0.25, -0.2) is 0 Å². The Kier molecular flexibility index (Phi) is 4.11. The summed E-state index contributed by atoms with van der Waals surface area (Å²) in [5.41, 5.74) is 8.95. The van der Waals surface area contributed by atoms with Crippen molar-refractivity contribution in [3.05, 3.63) is 29.3 Å². The average molecular weight is 257 g/mol. The molecule has 2 N–H and O–H groups in total. The first-order valence-electron chi connectivity index (χ1n) is 7.10. The van der Waals surface area contributed by atoms with Crippen LogP contribution in [0.3, 0.4) is 0 Å². The molecule has 0 atom stereocenters. The van der Waals surface area contributed by atoms with Gasteiger partial charge in [-0.05, 0) is 36.0 Å². The number of rotatable bonds is 3. The minimum Gasteiger partial charge on any atom is -0.370 e. The molecule has 1 aliphatic rings. The molecular formula is C16H23N3. The summed E-state index contributed by atoms with van der Waals surface area (Å²) in [5.74, 6) is 0. The standard InChI is InChI=1S/C16H23N3/c1-3-16(2)6-8-19(9-7-16)15-5-4-13(11-17)10-14(15)12-18/h4-5,10H,3,6-9,11,17H2,1-2H3. The summed E-state index contributed by atoms with van der Waals surface area (Å²) in [4.78, 5) is 2.34. The van der Waals surface area contributed by atoms with E-state index in [1.54, 1.807) is 0 Å². The third kappa shape index (κ3) is 2.90. The number of nitrogens with two attached hydrogens (primary N) is 1. The van der Waals surface area contributed by atoms with Gasteiger partial charge in [0.25, 0.3) is 0 Å². The molecule has 1 saturated heterocycles. The summed E-state index contributed by atoms with van der Waals surface area (Å²) >= 11 is 0. The fraction of sp³-hybridized carbons (Fsp3) is 0.562. The molecule has 0 aliphatic carbocycles. The molecule has 3 heteroatoms. The highest BCUT2D eigenvalue weighted by Crippen LogP contribution is 2.36. The van der Waals surface area contributed by atoms with E-state index in [9.17, 15) is 5.26 Å². The lowest BCUT2D eigenvalue weighted by atomic mass is 9.78. The number of hydrogen-bond donors (Lipinski definition) is 1. The minimum atomic E-state index is 0.473. The Labute approximate surface area is 116 Å². The Hall–Kier alpha value is -1.53. The molecule has 0 aromatic heterocycles. The van der Waals surface area contributed by atoms with Crippen molar-refractivity contribution >= 4 is 5.69 Å². The first kappa shape index (κ1) is 13.9. The third-order valence-corrected chi connectivity index (χ3v) is 4.58. The van der Waals surface area contributed by atoms with E-state index in [1.807, 2.05) is 12.1 Å². The summed E-state index contributed by atoms with van der Waals surface area (Å²) in [6, 6.07) is 8.31. The normalized spacial score (nSPS) is 18.1. The Balaban J connectivity index is 2.18. The van der Waals surface area contributed by atoms with Crippen molar-refractivity contribution in [2.75, 3.05) is 18.0 Å². The summed E-state index contributed by atoms with van der Waals surface area (Å²) < 4.78 is 0. The fourth-order valence-electron chi connectivity index (χ4n) is 2.72. The van der Waals surface area contributed by atoms with Gasteiger partial charge in [0.15, 0.2) is 0 Å². The van der Waals surface area contributed by atoms with Crippen molar-refractivity contribution in [2.24, 2.45) is 11.1 Å². The van der Waals surface area contributed by atoms with Gasteiger partial charge in [0.05, 0.1) is 11.3 Å². The summed E-state index contributed by atoms with van der Waals surface area (Å²) in [7, 11) is 0. The maximum atomic E-state index is 9.30. The molecule has 102 valence electrons. The lowest BCUT2D eigenvalue weighted by Gasteiger charge is -2.40. The van der Waals surface area contributed by atoms with Crippen LogP contribution in [-0.4, -0.2) is 13.1 Å². The molecule has 1 aliphatic heterocycles. The first-order valence-corrected chi connectivity index (χ1v) is 7.10. The van der Waals surface area contributed by atoms with E-state index in [0.29, 0.717) is 12.0 Å². The zero-order chi connectivity index (χ0) is 13.9. The van der Waals surface area contributed by atoms with E-state index < -0.39 is 0 Å². The van der Waals surface area contributed by atoms with Gasteiger partial charge in [-0.2, -0.15) is 5.26 Å². The van der Waals surface area contributed by atoms with Crippen LogP contribution in [0.25, 0.3) is 0 Å². The van der Waals surface area contributed by atoms with Gasteiger partial charge in [0.2, 0.25) is 0 Å². The second kappa shape index (κ2) is 5.63. The highest BCUT2D eigenvalue weighted by atomic mass is 15.1. The number of nitrogens with zero attached hydrogens (tertiary/aromatic N) is 2. The van der Waals surface area contributed by atoms with Crippen LogP contribution >= 0.6 is 0 Å². The van der Waals surface area contributed by atoms with Crippen molar-refractivity contribution in [1.29, 1.82) is 5.26 Å². The van der Waals surface area contributed by atoms with Crippen molar-refractivity contribution in [3.63, 3.8) is 0 Å². The van der Waals surface area contributed by atoms with Gasteiger partial charge >= 0.3 is 0 Å². The number of benzene rings is 1. The first-order chi connectivity index (χ1) is 9.11. The number of nitriles is 1. The smallest absolute Gasteiger partial charge is 0.101 e. The Morgan fingerprint density at radius 2 is 2.05 bits per heavy atom. The molecule has 1 aromatic carbocycles. The molecular weight excluding hydrogens is 234 g/mol. The van der Waals surface area contributed by atoms with Gasteiger partial charge in [0.1, 0.15) is 6.07 Å².